The Morgan fingerprint density at radius 2 is 1.55 bits per heavy atom. The Balaban J connectivity index is 2.10. The molecule has 0 radical (unpaired) electrons. The molecule has 0 heterocycles. The highest BCUT2D eigenvalue weighted by Crippen LogP contribution is 2.25. The van der Waals surface area contributed by atoms with Crippen LogP contribution in [0.2, 0.25) is 0 Å². The van der Waals surface area contributed by atoms with Crippen LogP contribution in [0, 0.1) is 20.8 Å². The molecule has 0 saturated heterocycles. The summed E-state index contributed by atoms with van der Waals surface area (Å²) >= 11 is 0. The van der Waals surface area contributed by atoms with Gasteiger partial charge in [0.1, 0.15) is 12.6 Å². The zero-order valence-electron chi connectivity index (χ0n) is 24.3. The van der Waals surface area contributed by atoms with Crippen LogP contribution in [0.25, 0.3) is 0 Å². The zero-order chi connectivity index (χ0) is 29.4. The molecule has 0 aliphatic heterocycles. The van der Waals surface area contributed by atoms with E-state index in [2.05, 4.69) is 5.32 Å². The van der Waals surface area contributed by atoms with Crippen LogP contribution < -0.4 is 9.62 Å². The highest BCUT2D eigenvalue weighted by atomic mass is 32.2. The number of hydrogen-bond donors (Lipinski definition) is 1. The summed E-state index contributed by atoms with van der Waals surface area (Å²) in [6, 6.07) is 21.9. The molecule has 0 fully saturated rings. The summed E-state index contributed by atoms with van der Waals surface area (Å²) in [6.45, 7) is 9.32. The lowest BCUT2D eigenvalue weighted by molar-refractivity contribution is -0.140. The van der Waals surface area contributed by atoms with Gasteiger partial charge in [0, 0.05) is 19.0 Å². The Kier molecular flexibility index (Phi) is 10.5. The largest absolute Gasteiger partial charge is 0.352 e. The predicted octanol–water partition coefficient (Wildman–Crippen LogP) is 4.93. The van der Waals surface area contributed by atoms with E-state index in [1.165, 1.54) is 4.90 Å². The molecule has 3 aromatic carbocycles. The summed E-state index contributed by atoms with van der Waals surface area (Å²) in [5, 5.41) is 3.05. The van der Waals surface area contributed by atoms with Crippen LogP contribution in [0.4, 0.5) is 5.69 Å². The smallest absolute Gasteiger partial charge is 0.244 e. The first-order valence-electron chi connectivity index (χ1n) is 13.6. The third kappa shape index (κ3) is 8.18. The third-order valence-electron chi connectivity index (χ3n) is 7.19. The highest BCUT2D eigenvalue weighted by molar-refractivity contribution is 7.92. The summed E-state index contributed by atoms with van der Waals surface area (Å²) in [6.07, 6.45) is 2.14. The number of benzene rings is 3. The van der Waals surface area contributed by atoms with Crippen molar-refractivity contribution in [3.8, 4) is 0 Å². The van der Waals surface area contributed by atoms with Crippen molar-refractivity contribution in [2.75, 3.05) is 17.1 Å². The highest BCUT2D eigenvalue weighted by Gasteiger charge is 2.34. The first-order chi connectivity index (χ1) is 18.9. The lowest BCUT2D eigenvalue weighted by Gasteiger charge is -2.34. The van der Waals surface area contributed by atoms with Gasteiger partial charge in [-0.1, -0.05) is 73.7 Å². The van der Waals surface area contributed by atoms with Gasteiger partial charge in [0.15, 0.2) is 0 Å². The fraction of sp³-hybridized carbons (Fsp3) is 0.375. The molecule has 0 aliphatic rings. The van der Waals surface area contributed by atoms with Gasteiger partial charge >= 0.3 is 0 Å². The molecule has 40 heavy (non-hydrogen) atoms. The first kappa shape index (κ1) is 30.9. The van der Waals surface area contributed by atoms with E-state index in [1.807, 2.05) is 101 Å². The molecule has 0 spiro atoms. The molecule has 3 aromatic rings. The molecule has 2 atom stereocenters. The normalized spacial score (nSPS) is 12.8. The Morgan fingerprint density at radius 3 is 2.17 bits per heavy atom. The van der Waals surface area contributed by atoms with Gasteiger partial charge in [-0.2, -0.15) is 0 Å². The molecular formula is C32H41N3O4S. The number of sulfonamides is 1. The Morgan fingerprint density at radius 1 is 0.900 bits per heavy atom. The lowest BCUT2D eigenvalue weighted by Crippen LogP contribution is -2.54. The summed E-state index contributed by atoms with van der Waals surface area (Å²) in [5.41, 5.74) is 4.86. The van der Waals surface area contributed by atoms with Gasteiger partial charge in [-0.15, -0.1) is 0 Å². The van der Waals surface area contributed by atoms with Crippen molar-refractivity contribution in [3.63, 3.8) is 0 Å². The maximum Gasteiger partial charge on any atom is 0.244 e. The van der Waals surface area contributed by atoms with Crippen molar-refractivity contribution in [2.24, 2.45) is 0 Å². The monoisotopic (exact) mass is 563 g/mol. The number of nitrogens with zero attached hydrogens (tertiary/aromatic N) is 2. The van der Waals surface area contributed by atoms with E-state index in [0.29, 0.717) is 12.1 Å². The van der Waals surface area contributed by atoms with Crippen molar-refractivity contribution in [1.82, 2.24) is 10.2 Å². The molecule has 214 valence electrons. The van der Waals surface area contributed by atoms with Gasteiger partial charge in [-0.25, -0.2) is 8.42 Å². The Labute approximate surface area is 239 Å². The quantitative estimate of drug-likeness (QED) is 0.339. The average Bonchev–Trinajstić information content (AvgIpc) is 2.91. The number of carbonyl (C=O) groups is 2. The fourth-order valence-corrected chi connectivity index (χ4v) is 5.45. The first-order valence-corrected chi connectivity index (χ1v) is 15.5. The van der Waals surface area contributed by atoms with Gasteiger partial charge in [-0.3, -0.25) is 13.9 Å². The van der Waals surface area contributed by atoms with Crippen LogP contribution in [0.1, 0.15) is 48.1 Å². The minimum Gasteiger partial charge on any atom is -0.352 e. The van der Waals surface area contributed by atoms with Crippen molar-refractivity contribution in [3.05, 3.63) is 101 Å². The van der Waals surface area contributed by atoms with Crippen molar-refractivity contribution in [1.29, 1.82) is 0 Å². The molecule has 0 saturated carbocycles. The standard InChI is InChI=1S/C32H41N3O4S/c1-7-26(5)33-32(37)30(20-27-14-9-8-10-15-27)34(21-28-16-12-11-13-24(28)3)31(36)22-35(40(6,38)39)29-19-23(2)17-18-25(29)4/h8-19,26,30H,7,20-22H2,1-6H3,(H,33,37). The van der Waals surface area contributed by atoms with E-state index < -0.39 is 28.5 Å². The van der Waals surface area contributed by atoms with E-state index >= 15 is 0 Å². The molecular weight excluding hydrogens is 522 g/mol. The Hall–Kier alpha value is -3.65. The number of anilines is 1. The van der Waals surface area contributed by atoms with E-state index in [0.717, 1.165) is 44.8 Å². The lowest BCUT2D eigenvalue weighted by atomic mass is 10.0. The predicted molar refractivity (Wildman–Crippen MR) is 162 cm³/mol. The summed E-state index contributed by atoms with van der Waals surface area (Å²) in [5.74, 6) is -0.715. The number of hydrogen-bond acceptors (Lipinski definition) is 4. The summed E-state index contributed by atoms with van der Waals surface area (Å²) < 4.78 is 27.2. The van der Waals surface area contributed by atoms with Crippen molar-refractivity contribution < 1.29 is 18.0 Å². The van der Waals surface area contributed by atoms with Gasteiger partial charge < -0.3 is 10.2 Å². The second-order valence-electron chi connectivity index (χ2n) is 10.5. The van der Waals surface area contributed by atoms with E-state index in [-0.39, 0.29) is 18.5 Å². The fourth-order valence-electron chi connectivity index (χ4n) is 4.55. The van der Waals surface area contributed by atoms with E-state index in [4.69, 9.17) is 0 Å². The number of carbonyl (C=O) groups excluding carboxylic acids is 2. The van der Waals surface area contributed by atoms with Crippen molar-refractivity contribution >= 4 is 27.5 Å². The van der Waals surface area contributed by atoms with Gasteiger partial charge in [0.2, 0.25) is 21.8 Å². The van der Waals surface area contributed by atoms with Crippen LogP contribution in [0.5, 0.6) is 0 Å². The molecule has 0 aliphatic carbocycles. The van der Waals surface area contributed by atoms with Crippen LogP contribution in [0.3, 0.4) is 0 Å². The molecule has 7 nitrogen and oxygen atoms in total. The topological polar surface area (TPSA) is 86.8 Å². The second-order valence-corrected chi connectivity index (χ2v) is 12.4. The molecule has 0 bridgehead atoms. The Bertz CT molecular complexity index is 1420. The number of rotatable bonds is 12. The summed E-state index contributed by atoms with van der Waals surface area (Å²) in [4.78, 5) is 29.5. The van der Waals surface area contributed by atoms with E-state index in [1.54, 1.807) is 6.07 Å². The van der Waals surface area contributed by atoms with Gasteiger partial charge in [-0.05, 0) is 68.0 Å². The number of aryl methyl sites for hydroxylation is 3. The maximum absolute atomic E-state index is 14.2. The minimum absolute atomic E-state index is 0.0800. The number of amides is 2. The van der Waals surface area contributed by atoms with Crippen molar-refractivity contribution in [2.45, 2.75) is 66.1 Å². The molecule has 0 aromatic heterocycles. The summed E-state index contributed by atoms with van der Waals surface area (Å²) in [7, 11) is -3.81. The van der Waals surface area contributed by atoms with Crippen LogP contribution in [-0.4, -0.2) is 50.0 Å². The number of nitrogens with one attached hydrogen (secondary N) is 1. The van der Waals surface area contributed by atoms with Crippen LogP contribution in [0.15, 0.2) is 72.8 Å². The molecule has 8 heteroatoms. The average molecular weight is 564 g/mol. The van der Waals surface area contributed by atoms with E-state index in [9.17, 15) is 18.0 Å². The van der Waals surface area contributed by atoms with Gasteiger partial charge in [0.05, 0.1) is 11.9 Å². The SMILES string of the molecule is CCC(C)NC(=O)C(Cc1ccccc1)N(Cc1ccccc1C)C(=O)CN(c1cc(C)ccc1C)S(C)(=O)=O. The molecule has 2 amide bonds. The van der Waals surface area contributed by atoms with Crippen LogP contribution >= 0.6 is 0 Å². The maximum atomic E-state index is 14.2. The third-order valence-corrected chi connectivity index (χ3v) is 8.31. The molecule has 2 unspecified atom stereocenters. The van der Waals surface area contributed by atoms with Crippen LogP contribution in [-0.2, 0) is 32.6 Å². The minimum atomic E-state index is -3.81. The second kappa shape index (κ2) is 13.6. The van der Waals surface area contributed by atoms with Gasteiger partial charge in [0.25, 0.3) is 0 Å². The molecule has 1 N–H and O–H groups in total. The molecule has 3 rings (SSSR count). The zero-order valence-corrected chi connectivity index (χ0v) is 25.2.